The maximum Gasteiger partial charge on any atom is 0.220 e. The highest BCUT2D eigenvalue weighted by Gasteiger charge is 2.39. The van der Waals surface area contributed by atoms with Gasteiger partial charge in [0.15, 0.2) is 11.4 Å². The van der Waals surface area contributed by atoms with Crippen LogP contribution in [-0.2, 0) is 11.2 Å². The number of terminal acetylenes is 1. The summed E-state index contributed by atoms with van der Waals surface area (Å²) >= 11 is 0. The molecule has 0 bridgehead atoms. The fourth-order valence-corrected chi connectivity index (χ4v) is 3.15. The van der Waals surface area contributed by atoms with Crippen molar-refractivity contribution in [1.29, 1.82) is 0 Å². The maximum atomic E-state index is 12.6. The predicted octanol–water partition coefficient (Wildman–Crippen LogP) is 2.66. The molecule has 6 nitrogen and oxygen atoms in total. The Hall–Kier alpha value is -2.68. The molecule has 1 amide bonds. The Morgan fingerprint density at radius 2 is 2.24 bits per heavy atom. The molecule has 0 radical (unpaired) electrons. The summed E-state index contributed by atoms with van der Waals surface area (Å²) in [4.78, 5) is 24.8. The van der Waals surface area contributed by atoms with Crippen molar-refractivity contribution in [1.82, 2.24) is 5.32 Å². The number of rotatable bonds is 7. The first kappa shape index (κ1) is 17.2. The Morgan fingerprint density at radius 3 is 2.92 bits per heavy atom. The quantitative estimate of drug-likeness (QED) is 0.776. The van der Waals surface area contributed by atoms with Crippen LogP contribution in [0.15, 0.2) is 28.4 Å². The second kappa shape index (κ2) is 7.06. The van der Waals surface area contributed by atoms with Gasteiger partial charge >= 0.3 is 0 Å². The van der Waals surface area contributed by atoms with Crippen LogP contribution in [0.4, 0.5) is 0 Å². The zero-order valence-electron chi connectivity index (χ0n) is 14.2. The van der Waals surface area contributed by atoms with Gasteiger partial charge in [-0.15, -0.1) is 12.3 Å². The fourth-order valence-electron chi connectivity index (χ4n) is 3.15. The fraction of sp³-hybridized carbons (Fsp3) is 0.474. The van der Waals surface area contributed by atoms with Gasteiger partial charge in [-0.1, -0.05) is 0 Å². The SMILES string of the molecule is C#CCCC1(CCC(=O)NC2CCc3cc(OC)ccc3C2=O)N=N1. The topological polar surface area (TPSA) is 80.1 Å². The van der Waals surface area contributed by atoms with Crippen molar-refractivity contribution >= 4 is 11.7 Å². The number of methoxy groups -OCH3 is 1. The molecule has 2 aliphatic rings. The number of carbonyl (C=O) groups excluding carboxylic acids is 2. The molecule has 6 heteroatoms. The molecule has 1 heterocycles. The van der Waals surface area contributed by atoms with Gasteiger partial charge in [0.05, 0.1) is 13.2 Å². The van der Waals surface area contributed by atoms with Gasteiger partial charge in [0.2, 0.25) is 5.91 Å². The van der Waals surface area contributed by atoms with Crippen LogP contribution in [0.1, 0.15) is 48.0 Å². The first-order valence-corrected chi connectivity index (χ1v) is 8.45. The van der Waals surface area contributed by atoms with Crippen LogP contribution < -0.4 is 10.1 Å². The van der Waals surface area contributed by atoms with Crippen LogP contribution in [0.5, 0.6) is 5.75 Å². The van der Waals surface area contributed by atoms with E-state index in [1.165, 1.54) is 0 Å². The van der Waals surface area contributed by atoms with Crippen LogP contribution in [0.25, 0.3) is 0 Å². The standard InChI is InChI=1S/C19H21N3O3/c1-3-4-10-19(21-22-19)11-9-17(23)20-16-8-5-13-12-14(25-2)6-7-15(13)18(16)24/h1,6-7,12,16H,4-5,8-11H2,2H3,(H,20,23). The van der Waals surface area contributed by atoms with Crippen molar-refractivity contribution in [3.05, 3.63) is 29.3 Å². The van der Waals surface area contributed by atoms with E-state index < -0.39 is 11.7 Å². The average molecular weight is 339 g/mol. The zero-order chi connectivity index (χ0) is 17.9. The Bertz CT molecular complexity index is 758. The number of Topliss-reactive ketones (excluding diaryl/α,β-unsaturated/α-hetero) is 1. The van der Waals surface area contributed by atoms with Gasteiger partial charge < -0.3 is 10.1 Å². The first-order chi connectivity index (χ1) is 12.1. The third kappa shape index (κ3) is 3.87. The summed E-state index contributed by atoms with van der Waals surface area (Å²) in [5, 5.41) is 10.9. The highest BCUT2D eigenvalue weighted by Crippen LogP contribution is 2.37. The molecule has 1 aromatic carbocycles. The molecule has 1 aliphatic carbocycles. The molecule has 0 spiro atoms. The number of hydrogen-bond donors (Lipinski definition) is 1. The van der Waals surface area contributed by atoms with Gasteiger partial charge in [-0.2, -0.15) is 10.2 Å². The molecule has 0 saturated carbocycles. The van der Waals surface area contributed by atoms with E-state index in [1.54, 1.807) is 19.2 Å². The molecule has 1 aliphatic heterocycles. The van der Waals surface area contributed by atoms with E-state index in [0.29, 0.717) is 31.2 Å². The summed E-state index contributed by atoms with van der Waals surface area (Å²) in [6.07, 6.45) is 8.69. The van der Waals surface area contributed by atoms with Crippen molar-refractivity contribution in [2.24, 2.45) is 10.2 Å². The number of ketones is 1. The summed E-state index contributed by atoms with van der Waals surface area (Å²) in [6, 6.07) is 4.96. The molecule has 1 atom stereocenters. The minimum atomic E-state index is -0.469. The summed E-state index contributed by atoms with van der Waals surface area (Å²) < 4.78 is 5.19. The van der Waals surface area contributed by atoms with E-state index in [-0.39, 0.29) is 18.1 Å². The number of amides is 1. The normalized spacial score (nSPS) is 19.7. The number of aryl methyl sites for hydroxylation is 1. The molecular weight excluding hydrogens is 318 g/mol. The predicted molar refractivity (Wildman–Crippen MR) is 92.5 cm³/mol. The highest BCUT2D eigenvalue weighted by molar-refractivity contribution is 6.04. The molecule has 1 N–H and O–H groups in total. The monoisotopic (exact) mass is 339 g/mol. The zero-order valence-corrected chi connectivity index (χ0v) is 14.2. The number of benzene rings is 1. The molecular formula is C19H21N3O3. The summed E-state index contributed by atoms with van der Waals surface area (Å²) in [7, 11) is 1.60. The van der Waals surface area contributed by atoms with E-state index in [9.17, 15) is 9.59 Å². The van der Waals surface area contributed by atoms with Crippen molar-refractivity contribution in [3.8, 4) is 18.1 Å². The number of nitrogens with zero attached hydrogens (tertiary/aromatic N) is 2. The number of fused-ring (bicyclic) bond motifs is 1. The van der Waals surface area contributed by atoms with Crippen molar-refractivity contribution in [3.63, 3.8) is 0 Å². The van der Waals surface area contributed by atoms with E-state index in [1.807, 2.05) is 6.07 Å². The molecule has 0 aromatic heterocycles. The second-order valence-electron chi connectivity index (χ2n) is 6.43. The summed E-state index contributed by atoms with van der Waals surface area (Å²) in [6.45, 7) is 0. The van der Waals surface area contributed by atoms with Gasteiger partial charge in [0.1, 0.15) is 5.75 Å². The second-order valence-corrected chi connectivity index (χ2v) is 6.43. The number of carbonyl (C=O) groups is 2. The molecule has 1 unspecified atom stereocenters. The summed E-state index contributed by atoms with van der Waals surface area (Å²) in [5.41, 5.74) is 1.16. The summed E-state index contributed by atoms with van der Waals surface area (Å²) in [5.74, 6) is 3.12. The number of nitrogens with one attached hydrogen (secondary N) is 1. The minimum absolute atomic E-state index is 0.0416. The smallest absolute Gasteiger partial charge is 0.220 e. The Balaban J connectivity index is 1.54. The third-order valence-electron chi connectivity index (χ3n) is 4.74. The number of ether oxygens (including phenoxy) is 1. The van der Waals surface area contributed by atoms with E-state index in [0.717, 1.165) is 17.7 Å². The number of hydrogen-bond acceptors (Lipinski definition) is 5. The van der Waals surface area contributed by atoms with Gasteiger partial charge in [-0.25, -0.2) is 0 Å². The van der Waals surface area contributed by atoms with Crippen LogP contribution in [0, 0.1) is 12.3 Å². The van der Waals surface area contributed by atoms with Crippen LogP contribution >= 0.6 is 0 Å². The van der Waals surface area contributed by atoms with Crippen LogP contribution in [-0.4, -0.2) is 30.5 Å². The largest absolute Gasteiger partial charge is 0.497 e. The van der Waals surface area contributed by atoms with Crippen molar-refractivity contribution < 1.29 is 14.3 Å². The van der Waals surface area contributed by atoms with Crippen LogP contribution in [0.2, 0.25) is 0 Å². The molecule has 0 saturated heterocycles. The lowest BCUT2D eigenvalue weighted by Gasteiger charge is -2.24. The Morgan fingerprint density at radius 1 is 1.44 bits per heavy atom. The van der Waals surface area contributed by atoms with Gasteiger partial charge in [-0.3, -0.25) is 9.59 Å². The van der Waals surface area contributed by atoms with Crippen LogP contribution in [0.3, 0.4) is 0 Å². The average Bonchev–Trinajstić information content (AvgIpc) is 3.41. The lowest BCUT2D eigenvalue weighted by molar-refractivity contribution is -0.121. The Labute approximate surface area is 147 Å². The first-order valence-electron chi connectivity index (χ1n) is 8.45. The molecule has 1 aromatic rings. The minimum Gasteiger partial charge on any atom is -0.497 e. The van der Waals surface area contributed by atoms with Crippen molar-refractivity contribution in [2.45, 2.75) is 50.2 Å². The third-order valence-corrected chi connectivity index (χ3v) is 4.74. The van der Waals surface area contributed by atoms with E-state index in [4.69, 9.17) is 11.2 Å². The van der Waals surface area contributed by atoms with Gasteiger partial charge in [0.25, 0.3) is 0 Å². The van der Waals surface area contributed by atoms with E-state index >= 15 is 0 Å². The molecule has 0 fully saturated rings. The maximum absolute atomic E-state index is 12.6. The molecule has 3 rings (SSSR count). The molecule has 130 valence electrons. The van der Waals surface area contributed by atoms with Crippen molar-refractivity contribution in [2.75, 3.05) is 7.11 Å². The lowest BCUT2D eigenvalue weighted by Crippen LogP contribution is -2.43. The lowest BCUT2D eigenvalue weighted by atomic mass is 9.87. The van der Waals surface area contributed by atoms with Gasteiger partial charge in [-0.05, 0) is 36.6 Å². The van der Waals surface area contributed by atoms with Gasteiger partial charge in [0, 0.05) is 31.2 Å². The Kier molecular flexibility index (Phi) is 4.84. The molecule has 25 heavy (non-hydrogen) atoms. The highest BCUT2D eigenvalue weighted by atomic mass is 16.5. The van der Waals surface area contributed by atoms with E-state index in [2.05, 4.69) is 21.5 Å².